The number of benzene rings is 3. The molecule has 168 valence electrons. The smallest absolute Gasteiger partial charge is 0.138 e. The van der Waals surface area contributed by atoms with Gasteiger partial charge in [0.2, 0.25) is 0 Å². The van der Waals surface area contributed by atoms with Crippen molar-refractivity contribution >= 4 is 48.9 Å². The summed E-state index contributed by atoms with van der Waals surface area (Å²) in [7, 11) is -2.89. The fourth-order valence-electron chi connectivity index (χ4n) is 4.93. The molecule has 0 amide bonds. The van der Waals surface area contributed by atoms with E-state index in [4.69, 9.17) is 4.42 Å². The summed E-state index contributed by atoms with van der Waals surface area (Å²) in [5.41, 5.74) is 8.20. The van der Waals surface area contributed by atoms with E-state index in [0.717, 1.165) is 12.2 Å². The van der Waals surface area contributed by atoms with Crippen molar-refractivity contribution < 1.29 is 4.42 Å². The van der Waals surface area contributed by atoms with Gasteiger partial charge in [-0.15, -0.1) is 0 Å². The SMILES string of the molecule is Cc1ccc2c(c1-c1cc([Si](C)(C)C)cc([Si](C)(C)C)c1)C=C(c1occ3ccccc13)C2. The van der Waals surface area contributed by atoms with Crippen LogP contribution in [0.2, 0.25) is 39.3 Å². The summed E-state index contributed by atoms with van der Waals surface area (Å²) in [6, 6.07) is 20.6. The average Bonchev–Trinajstić information content (AvgIpc) is 3.36. The minimum atomic E-state index is -1.45. The van der Waals surface area contributed by atoms with E-state index in [2.05, 4.69) is 107 Å². The average molecular weight is 467 g/mol. The highest BCUT2D eigenvalue weighted by Crippen LogP contribution is 2.41. The van der Waals surface area contributed by atoms with Gasteiger partial charge in [0.15, 0.2) is 0 Å². The highest BCUT2D eigenvalue weighted by Gasteiger charge is 2.26. The van der Waals surface area contributed by atoms with Crippen molar-refractivity contribution in [3.63, 3.8) is 0 Å². The van der Waals surface area contributed by atoms with Gasteiger partial charge in [0, 0.05) is 22.8 Å². The Morgan fingerprint density at radius 3 is 2.12 bits per heavy atom. The minimum absolute atomic E-state index is 0.925. The van der Waals surface area contributed by atoms with Crippen LogP contribution in [0.25, 0.3) is 33.5 Å². The lowest BCUT2D eigenvalue weighted by molar-refractivity contribution is 0.557. The number of hydrogen-bond donors (Lipinski definition) is 0. The first-order chi connectivity index (χ1) is 15.5. The lowest BCUT2D eigenvalue weighted by Gasteiger charge is -2.25. The van der Waals surface area contributed by atoms with Crippen LogP contribution < -0.4 is 10.4 Å². The fraction of sp³-hybridized carbons (Fsp3) is 0.267. The number of fused-ring (bicyclic) bond motifs is 2. The Kier molecular flexibility index (Phi) is 5.18. The third-order valence-electron chi connectivity index (χ3n) is 7.00. The predicted octanol–water partition coefficient (Wildman–Crippen LogP) is 7.60. The number of allylic oxidation sites excluding steroid dienone is 1. The van der Waals surface area contributed by atoms with Crippen molar-refractivity contribution in [1.82, 2.24) is 0 Å². The standard InChI is InChI=1S/C30H34OSi2/c1-20-12-13-21-14-24(30-27-11-9-8-10-22(27)19-31-30)17-28(21)29(20)23-15-25(32(2,3)4)18-26(16-23)33(5,6)7/h8-13,15-19H,14H2,1-7H3. The van der Waals surface area contributed by atoms with Gasteiger partial charge in [-0.1, -0.05) is 104 Å². The summed E-state index contributed by atoms with van der Waals surface area (Å²) < 4.78 is 6.08. The summed E-state index contributed by atoms with van der Waals surface area (Å²) >= 11 is 0. The van der Waals surface area contributed by atoms with Crippen molar-refractivity contribution in [1.29, 1.82) is 0 Å². The quantitative estimate of drug-likeness (QED) is 0.282. The highest BCUT2D eigenvalue weighted by atomic mass is 28.3. The highest BCUT2D eigenvalue weighted by molar-refractivity contribution is 6.91. The van der Waals surface area contributed by atoms with Gasteiger partial charge in [0.1, 0.15) is 5.76 Å². The Morgan fingerprint density at radius 2 is 1.45 bits per heavy atom. The lowest BCUT2D eigenvalue weighted by atomic mass is 9.93. The Labute approximate surface area is 200 Å². The van der Waals surface area contributed by atoms with Crippen molar-refractivity contribution in [2.45, 2.75) is 52.6 Å². The fourth-order valence-corrected chi connectivity index (χ4v) is 7.43. The zero-order chi connectivity index (χ0) is 23.5. The van der Waals surface area contributed by atoms with Crippen LogP contribution in [-0.4, -0.2) is 16.1 Å². The van der Waals surface area contributed by atoms with Gasteiger partial charge in [-0.3, -0.25) is 0 Å². The van der Waals surface area contributed by atoms with Crippen LogP contribution in [0.4, 0.5) is 0 Å². The molecule has 0 radical (unpaired) electrons. The molecule has 1 heterocycles. The zero-order valence-corrected chi connectivity index (χ0v) is 23.0. The van der Waals surface area contributed by atoms with Gasteiger partial charge in [-0.25, -0.2) is 0 Å². The third kappa shape index (κ3) is 3.98. The van der Waals surface area contributed by atoms with Crippen LogP contribution in [0.1, 0.15) is 22.5 Å². The summed E-state index contributed by atoms with van der Waals surface area (Å²) in [6.45, 7) is 17.0. The molecular formula is C30H34OSi2. The normalized spacial score (nSPS) is 14.0. The van der Waals surface area contributed by atoms with E-state index in [1.165, 1.54) is 44.2 Å². The summed E-state index contributed by atoms with van der Waals surface area (Å²) in [4.78, 5) is 0. The molecule has 0 N–H and O–H groups in total. The van der Waals surface area contributed by atoms with Crippen molar-refractivity contribution in [3.05, 3.63) is 83.3 Å². The van der Waals surface area contributed by atoms with Crippen LogP contribution in [0.3, 0.4) is 0 Å². The summed E-state index contributed by atoms with van der Waals surface area (Å²) in [5, 5.41) is 5.50. The van der Waals surface area contributed by atoms with Crippen LogP contribution >= 0.6 is 0 Å². The molecule has 1 aliphatic rings. The van der Waals surface area contributed by atoms with E-state index in [0.29, 0.717) is 0 Å². The molecule has 1 aliphatic carbocycles. The van der Waals surface area contributed by atoms with Crippen LogP contribution in [-0.2, 0) is 6.42 Å². The topological polar surface area (TPSA) is 13.1 Å². The Hall–Kier alpha value is -2.63. The second kappa shape index (κ2) is 7.71. The first-order valence-corrected chi connectivity index (χ1v) is 19.0. The number of rotatable bonds is 4. The monoisotopic (exact) mass is 466 g/mol. The molecule has 33 heavy (non-hydrogen) atoms. The van der Waals surface area contributed by atoms with E-state index in [1.54, 1.807) is 10.4 Å². The third-order valence-corrected chi connectivity index (χ3v) is 11.0. The lowest BCUT2D eigenvalue weighted by Crippen LogP contribution is -2.45. The summed E-state index contributed by atoms with van der Waals surface area (Å²) in [5.74, 6) is 1.02. The van der Waals surface area contributed by atoms with Gasteiger partial charge in [-0.2, -0.15) is 0 Å². The Balaban J connectivity index is 1.71. The zero-order valence-electron chi connectivity index (χ0n) is 21.0. The first kappa shape index (κ1) is 22.2. The molecule has 3 aromatic carbocycles. The molecule has 3 heteroatoms. The molecule has 4 aromatic rings. The molecule has 0 saturated carbocycles. The molecule has 1 aromatic heterocycles. The largest absolute Gasteiger partial charge is 0.463 e. The second-order valence-electron chi connectivity index (χ2n) is 11.6. The Bertz CT molecular complexity index is 1380. The second-order valence-corrected chi connectivity index (χ2v) is 21.8. The molecule has 0 atom stereocenters. The molecule has 0 saturated heterocycles. The van der Waals surface area contributed by atoms with Gasteiger partial charge in [0.05, 0.1) is 22.4 Å². The van der Waals surface area contributed by atoms with Crippen molar-refractivity contribution in [2.24, 2.45) is 0 Å². The molecule has 1 nitrogen and oxygen atoms in total. The predicted molar refractivity (Wildman–Crippen MR) is 150 cm³/mol. The van der Waals surface area contributed by atoms with Crippen LogP contribution in [0.15, 0.2) is 65.3 Å². The number of furan rings is 1. The number of hydrogen-bond acceptors (Lipinski definition) is 1. The number of aryl methyl sites for hydroxylation is 1. The molecule has 0 aliphatic heterocycles. The molecular weight excluding hydrogens is 433 g/mol. The van der Waals surface area contributed by atoms with E-state index < -0.39 is 16.1 Å². The van der Waals surface area contributed by atoms with Crippen molar-refractivity contribution in [3.8, 4) is 11.1 Å². The van der Waals surface area contributed by atoms with E-state index in [-0.39, 0.29) is 0 Å². The molecule has 5 rings (SSSR count). The first-order valence-electron chi connectivity index (χ1n) is 12.0. The maximum Gasteiger partial charge on any atom is 0.138 e. The van der Waals surface area contributed by atoms with Gasteiger partial charge < -0.3 is 4.42 Å². The van der Waals surface area contributed by atoms with E-state index in [9.17, 15) is 0 Å². The molecule has 0 fully saturated rings. The minimum Gasteiger partial charge on any atom is -0.463 e. The van der Waals surface area contributed by atoms with E-state index >= 15 is 0 Å². The van der Waals surface area contributed by atoms with Gasteiger partial charge in [0.25, 0.3) is 0 Å². The van der Waals surface area contributed by atoms with Crippen molar-refractivity contribution in [2.75, 3.05) is 0 Å². The van der Waals surface area contributed by atoms with Crippen LogP contribution in [0, 0.1) is 6.92 Å². The van der Waals surface area contributed by atoms with Crippen LogP contribution in [0.5, 0.6) is 0 Å². The summed E-state index contributed by atoms with van der Waals surface area (Å²) in [6.07, 6.45) is 5.20. The Morgan fingerprint density at radius 1 is 0.788 bits per heavy atom. The maximum atomic E-state index is 6.08. The molecule has 0 unspecified atom stereocenters. The maximum absolute atomic E-state index is 6.08. The van der Waals surface area contributed by atoms with Gasteiger partial charge in [-0.05, 0) is 40.8 Å². The van der Waals surface area contributed by atoms with E-state index in [1.807, 2.05) is 6.26 Å². The van der Waals surface area contributed by atoms with Gasteiger partial charge >= 0.3 is 0 Å². The molecule has 0 bridgehead atoms. The molecule has 0 spiro atoms.